The van der Waals surface area contributed by atoms with Crippen LogP contribution in [0, 0.1) is 0 Å². The van der Waals surface area contributed by atoms with E-state index in [1.54, 1.807) is 0 Å². The first-order valence-corrected chi connectivity index (χ1v) is 17.6. The molecule has 4 heteroatoms. The Bertz CT molecular complexity index is 2270. The van der Waals surface area contributed by atoms with Crippen LogP contribution in [0.15, 0.2) is 136 Å². The summed E-state index contributed by atoms with van der Waals surface area (Å²) in [6.45, 7) is 13.5. The first-order valence-electron chi connectivity index (χ1n) is 16.4. The average molecular weight is 713 g/mol. The number of furan rings is 1. The Kier molecular flexibility index (Phi) is 8.26. The minimum absolute atomic E-state index is 0.0438. The average Bonchev–Trinajstić information content (AvgIpc) is 3.43. The minimum atomic E-state index is 0.0438. The maximum atomic E-state index is 6.79. The van der Waals surface area contributed by atoms with Crippen molar-refractivity contribution >= 4 is 66.5 Å². The second-order valence-corrected chi connectivity index (χ2v) is 16.0. The van der Waals surface area contributed by atoms with Crippen molar-refractivity contribution in [3.05, 3.63) is 148 Å². The van der Waals surface area contributed by atoms with Crippen molar-refractivity contribution in [2.75, 3.05) is 4.90 Å². The Morgan fingerprint density at radius 2 is 1.25 bits per heavy atom. The molecule has 0 amide bonds. The van der Waals surface area contributed by atoms with Crippen molar-refractivity contribution in [3.63, 3.8) is 0 Å². The summed E-state index contributed by atoms with van der Waals surface area (Å²) in [4.78, 5) is 2.34. The third-order valence-corrected chi connectivity index (χ3v) is 9.75. The van der Waals surface area contributed by atoms with Crippen LogP contribution in [0.4, 0.5) is 17.1 Å². The lowest BCUT2D eigenvalue weighted by Crippen LogP contribution is -2.13. The van der Waals surface area contributed by atoms with Gasteiger partial charge in [-0.3, -0.25) is 0 Å². The number of nitrogens with zero attached hydrogens (tertiary/aromatic N) is 1. The van der Waals surface area contributed by atoms with Crippen LogP contribution in [0.3, 0.4) is 0 Å². The van der Waals surface area contributed by atoms with E-state index in [4.69, 9.17) is 16.0 Å². The van der Waals surface area contributed by atoms with E-state index < -0.39 is 0 Å². The molecular formula is C44H39BrClNO. The van der Waals surface area contributed by atoms with E-state index in [0.29, 0.717) is 5.02 Å². The van der Waals surface area contributed by atoms with Gasteiger partial charge in [-0.25, -0.2) is 0 Å². The molecule has 7 rings (SSSR count). The van der Waals surface area contributed by atoms with Crippen LogP contribution in [-0.2, 0) is 10.8 Å². The van der Waals surface area contributed by atoms with Crippen LogP contribution >= 0.6 is 27.5 Å². The van der Waals surface area contributed by atoms with E-state index in [9.17, 15) is 0 Å². The molecule has 0 fully saturated rings. The van der Waals surface area contributed by atoms with Gasteiger partial charge in [0.05, 0.1) is 11.1 Å². The van der Waals surface area contributed by atoms with Crippen LogP contribution in [0.5, 0.6) is 0 Å². The van der Waals surface area contributed by atoms with E-state index in [1.807, 2.05) is 24.3 Å². The molecule has 0 aliphatic heterocycles. The Balaban J connectivity index is 1.54. The fourth-order valence-corrected chi connectivity index (χ4v) is 7.32. The summed E-state index contributed by atoms with van der Waals surface area (Å²) in [7, 11) is 0. The van der Waals surface area contributed by atoms with Gasteiger partial charge in [0.15, 0.2) is 0 Å². The van der Waals surface area contributed by atoms with Gasteiger partial charge < -0.3 is 9.32 Å². The largest absolute Gasteiger partial charge is 0.456 e. The standard InChI is InChI=1S/C44H39BrClNO/c1-43(2,3)31-19-17-28(18-20-31)37-21-22-40-41(38-15-7-8-16-39(38)48-40)42(37)47(36-26-33(45)25-34(46)27-36)35-14-10-12-30(24-35)29-11-9-13-32(23-29)44(4,5)6/h7-27H,1-6H3. The summed E-state index contributed by atoms with van der Waals surface area (Å²) < 4.78 is 7.40. The van der Waals surface area contributed by atoms with E-state index in [2.05, 4.69) is 166 Å². The first kappa shape index (κ1) is 32.2. The van der Waals surface area contributed by atoms with Gasteiger partial charge in [0, 0.05) is 31.8 Å². The second kappa shape index (κ2) is 12.3. The zero-order valence-corrected chi connectivity index (χ0v) is 30.6. The van der Waals surface area contributed by atoms with Gasteiger partial charge >= 0.3 is 0 Å². The molecule has 0 unspecified atom stereocenters. The van der Waals surface area contributed by atoms with Crippen molar-refractivity contribution in [1.29, 1.82) is 0 Å². The summed E-state index contributed by atoms with van der Waals surface area (Å²) in [5, 5.41) is 2.77. The quantitative estimate of drug-likeness (QED) is 0.177. The lowest BCUT2D eigenvalue weighted by atomic mass is 9.85. The lowest BCUT2D eigenvalue weighted by molar-refractivity contribution is 0.590. The van der Waals surface area contributed by atoms with Crippen molar-refractivity contribution in [2.24, 2.45) is 0 Å². The summed E-state index contributed by atoms with van der Waals surface area (Å²) in [6, 6.07) is 45.3. The molecule has 0 saturated carbocycles. The predicted molar refractivity (Wildman–Crippen MR) is 209 cm³/mol. The van der Waals surface area contributed by atoms with E-state index in [-0.39, 0.29) is 10.8 Å². The number of para-hydroxylation sites is 1. The second-order valence-electron chi connectivity index (χ2n) is 14.6. The van der Waals surface area contributed by atoms with Gasteiger partial charge in [-0.15, -0.1) is 0 Å². The molecule has 48 heavy (non-hydrogen) atoms. The van der Waals surface area contributed by atoms with E-state index >= 15 is 0 Å². The topological polar surface area (TPSA) is 16.4 Å². The summed E-state index contributed by atoms with van der Waals surface area (Å²) >= 11 is 10.5. The van der Waals surface area contributed by atoms with Gasteiger partial charge in [0.1, 0.15) is 11.2 Å². The van der Waals surface area contributed by atoms with Gasteiger partial charge in [-0.2, -0.15) is 0 Å². The highest BCUT2D eigenvalue weighted by Gasteiger charge is 2.25. The molecule has 0 saturated heterocycles. The summed E-state index contributed by atoms with van der Waals surface area (Å²) in [5.41, 5.74) is 11.9. The number of benzene rings is 6. The lowest BCUT2D eigenvalue weighted by Gasteiger charge is -2.30. The summed E-state index contributed by atoms with van der Waals surface area (Å²) in [5.74, 6) is 0. The number of fused-ring (bicyclic) bond motifs is 3. The molecule has 0 aliphatic rings. The first-order chi connectivity index (χ1) is 22.9. The smallest absolute Gasteiger partial charge is 0.137 e. The molecule has 0 spiro atoms. The highest BCUT2D eigenvalue weighted by atomic mass is 79.9. The van der Waals surface area contributed by atoms with Crippen LogP contribution in [-0.4, -0.2) is 0 Å². The van der Waals surface area contributed by atoms with Crippen LogP contribution in [0.2, 0.25) is 5.02 Å². The molecule has 0 N–H and O–H groups in total. The Labute approximate surface area is 297 Å². The molecule has 240 valence electrons. The van der Waals surface area contributed by atoms with Gasteiger partial charge in [-0.1, -0.05) is 148 Å². The van der Waals surface area contributed by atoms with E-state index in [1.165, 1.54) is 16.7 Å². The third-order valence-electron chi connectivity index (χ3n) is 9.07. The molecule has 0 bridgehead atoms. The monoisotopic (exact) mass is 711 g/mol. The van der Waals surface area contributed by atoms with Crippen LogP contribution < -0.4 is 4.90 Å². The SMILES string of the molecule is CC(C)(C)c1ccc(-c2ccc3oc4ccccc4c3c2N(c2cc(Cl)cc(Br)c2)c2cccc(-c3cccc(C(C)(C)C)c3)c2)cc1. The molecule has 1 aromatic heterocycles. The van der Waals surface area contributed by atoms with Crippen molar-refractivity contribution in [2.45, 2.75) is 52.4 Å². The number of hydrogen-bond acceptors (Lipinski definition) is 2. The number of anilines is 3. The van der Waals surface area contributed by atoms with Gasteiger partial charge in [-0.05, 0) is 87.2 Å². The van der Waals surface area contributed by atoms with Gasteiger partial charge in [0.2, 0.25) is 0 Å². The number of halogens is 2. The van der Waals surface area contributed by atoms with Crippen molar-refractivity contribution < 1.29 is 4.42 Å². The Hall–Kier alpha value is -4.31. The van der Waals surface area contributed by atoms with E-state index in [0.717, 1.165) is 60.2 Å². The fraction of sp³-hybridized carbons (Fsp3) is 0.182. The fourth-order valence-electron chi connectivity index (χ4n) is 6.48. The predicted octanol–water partition coefficient (Wildman–Crippen LogP) is 14.4. The van der Waals surface area contributed by atoms with Crippen LogP contribution in [0.1, 0.15) is 52.7 Å². The highest BCUT2D eigenvalue weighted by molar-refractivity contribution is 9.10. The molecule has 2 nitrogen and oxygen atoms in total. The third kappa shape index (κ3) is 6.18. The maximum absolute atomic E-state index is 6.79. The van der Waals surface area contributed by atoms with Crippen molar-refractivity contribution in [3.8, 4) is 22.3 Å². The van der Waals surface area contributed by atoms with Crippen LogP contribution in [0.25, 0.3) is 44.2 Å². The molecule has 1 heterocycles. The molecule has 0 radical (unpaired) electrons. The van der Waals surface area contributed by atoms with Gasteiger partial charge in [0.25, 0.3) is 0 Å². The molecule has 0 atom stereocenters. The number of rotatable bonds is 5. The minimum Gasteiger partial charge on any atom is -0.456 e. The Morgan fingerprint density at radius 3 is 1.96 bits per heavy atom. The molecule has 7 aromatic rings. The molecular weight excluding hydrogens is 674 g/mol. The molecule has 0 aliphatic carbocycles. The highest BCUT2D eigenvalue weighted by Crippen LogP contribution is 2.49. The maximum Gasteiger partial charge on any atom is 0.137 e. The zero-order valence-electron chi connectivity index (χ0n) is 28.2. The van der Waals surface area contributed by atoms with Crippen molar-refractivity contribution in [1.82, 2.24) is 0 Å². The summed E-state index contributed by atoms with van der Waals surface area (Å²) in [6.07, 6.45) is 0. The normalized spacial score (nSPS) is 12.2. The zero-order chi connectivity index (χ0) is 33.8. The molecule has 6 aromatic carbocycles. The number of hydrogen-bond donors (Lipinski definition) is 0. The Morgan fingerprint density at radius 1 is 0.562 bits per heavy atom.